The van der Waals surface area contributed by atoms with E-state index in [1.807, 2.05) is 57.2 Å². The number of ketones is 1. The van der Waals surface area contributed by atoms with Crippen LogP contribution in [0.1, 0.15) is 46.1 Å². The first kappa shape index (κ1) is 19.0. The molecule has 0 bridgehead atoms. The summed E-state index contributed by atoms with van der Waals surface area (Å²) in [5.41, 5.74) is 2.00. The molecule has 0 saturated heterocycles. The van der Waals surface area contributed by atoms with Crippen molar-refractivity contribution in [2.75, 3.05) is 0 Å². The smallest absolute Gasteiger partial charge is 0.346 e. The van der Waals surface area contributed by atoms with Crippen LogP contribution in [0.4, 0.5) is 0 Å². The summed E-state index contributed by atoms with van der Waals surface area (Å²) >= 11 is 0. The van der Waals surface area contributed by atoms with Crippen molar-refractivity contribution in [1.29, 1.82) is 0 Å². The highest BCUT2D eigenvalue weighted by Crippen LogP contribution is 2.29. The second-order valence-corrected chi connectivity index (χ2v) is 7.04. The minimum Gasteiger partial charge on any atom is -0.507 e. The lowest BCUT2D eigenvalue weighted by Gasteiger charge is -2.12. The van der Waals surface area contributed by atoms with Crippen LogP contribution in [0.2, 0.25) is 0 Å². The standard InChI is InChI=1S/C21H26O4/c1-13(2)12-17-20(23)18(21(24)25-17)19(22)15(4)11-10-14(3)16-8-6-5-7-9-16/h5-10,13,15,17,23H,11-12H2,1-4H3/b14-10+. The van der Waals surface area contributed by atoms with Crippen LogP contribution >= 0.6 is 0 Å². The molecule has 134 valence electrons. The summed E-state index contributed by atoms with van der Waals surface area (Å²) in [5, 5.41) is 10.2. The zero-order valence-corrected chi connectivity index (χ0v) is 15.3. The predicted octanol–water partition coefficient (Wildman–Crippen LogP) is 4.47. The molecule has 4 heteroatoms. The average Bonchev–Trinajstić information content (AvgIpc) is 2.85. The molecule has 0 fully saturated rings. The molecule has 2 unspecified atom stereocenters. The maximum absolute atomic E-state index is 12.6. The van der Waals surface area contributed by atoms with E-state index in [1.165, 1.54) is 0 Å². The van der Waals surface area contributed by atoms with Gasteiger partial charge >= 0.3 is 5.97 Å². The average molecular weight is 342 g/mol. The van der Waals surface area contributed by atoms with Gasteiger partial charge < -0.3 is 9.84 Å². The molecule has 1 N–H and O–H groups in total. The van der Waals surface area contributed by atoms with E-state index in [4.69, 9.17) is 4.74 Å². The highest BCUT2D eigenvalue weighted by Gasteiger charge is 2.39. The fourth-order valence-electron chi connectivity index (χ4n) is 2.85. The van der Waals surface area contributed by atoms with Crippen LogP contribution in [0, 0.1) is 11.8 Å². The van der Waals surface area contributed by atoms with E-state index < -0.39 is 18.0 Å². The van der Waals surface area contributed by atoms with Crippen LogP contribution in [0.3, 0.4) is 0 Å². The van der Waals surface area contributed by atoms with Gasteiger partial charge in [-0.1, -0.05) is 57.2 Å². The number of benzene rings is 1. The number of aliphatic hydroxyl groups is 1. The van der Waals surface area contributed by atoms with Crippen LogP contribution in [0.25, 0.3) is 5.57 Å². The molecule has 25 heavy (non-hydrogen) atoms. The highest BCUT2D eigenvalue weighted by molar-refractivity contribution is 6.19. The number of carbonyl (C=O) groups is 2. The van der Waals surface area contributed by atoms with Crippen molar-refractivity contribution in [2.45, 2.75) is 46.6 Å². The van der Waals surface area contributed by atoms with E-state index in [0.717, 1.165) is 11.1 Å². The van der Waals surface area contributed by atoms with E-state index in [-0.39, 0.29) is 23.0 Å². The summed E-state index contributed by atoms with van der Waals surface area (Å²) < 4.78 is 5.16. The lowest BCUT2D eigenvalue weighted by Crippen LogP contribution is -2.18. The summed E-state index contributed by atoms with van der Waals surface area (Å²) in [7, 11) is 0. The largest absolute Gasteiger partial charge is 0.507 e. The van der Waals surface area contributed by atoms with Crippen molar-refractivity contribution < 1.29 is 19.4 Å². The first-order valence-electron chi connectivity index (χ1n) is 8.71. The fraction of sp³-hybridized carbons (Fsp3) is 0.429. The molecule has 0 saturated carbocycles. The number of cyclic esters (lactones) is 1. The molecule has 0 aromatic heterocycles. The van der Waals surface area contributed by atoms with Gasteiger partial charge in [0.1, 0.15) is 5.57 Å². The van der Waals surface area contributed by atoms with Crippen molar-refractivity contribution in [1.82, 2.24) is 0 Å². The quantitative estimate of drug-likeness (QED) is 0.586. The number of esters is 1. The van der Waals surface area contributed by atoms with Gasteiger partial charge in [0.2, 0.25) is 0 Å². The molecular formula is C21H26O4. The van der Waals surface area contributed by atoms with Gasteiger partial charge in [0, 0.05) is 5.92 Å². The van der Waals surface area contributed by atoms with Crippen LogP contribution in [-0.4, -0.2) is 23.0 Å². The Kier molecular flexibility index (Phi) is 6.18. The number of allylic oxidation sites excluding steroid dienone is 2. The Morgan fingerprint density at radius 3 is 2.48 bits per heavy atom. The van der Waals surface area contributed by atoms with E-state index >= 15 is 0 Å². The molecular weight excluding hydrogens is 316 g/mol. The molecule has 1 heterocycles. The topological polar surface area (TPSA) is 63.6 Å². The maximum Gasteiger partial charge on any atom is 0.346 e. The zero-order chi connectivity index (χ0) is 18.6. The molecule has 1 aromatic carbocycles. The molecule has 1 aromatic rings. The van der Waals surface area contributed by atoms with Gasteiger partial charge in [-0.2, -0.15) is 0 Å². The van der Waals surface area contributed by atoms with Gasteiger partial charge in [-0.05, 0) is 36.8 Å². The molecule has 0 aliphatic carbocycles. The number of aliphatic hydroxyl groups excluding tert-OH is 1. The molecule has 0 spiro atoms. The van der Waals surface area contributed by atoms with Crippen molar-refractivity contribution >= 4 is 17.3 Å². The minimum atomic E-state index is -0.705. The van der Waals surface area contributed by atoms with Gasteiger partial charge in [0.05, 0.1) is 0 Å². The molecule has 0 radical (unpaired) electrons. The second-order valence-electron chi connectivity index (χ2n) is 7.04. The maximum atomic E-state index is 12.6. The van der Waals surface area contributed by atoms with Gasteiger partial charge in [-0.15, -0.1) is 0 Å². The molecule has 2 rings (SSSR count). The molecule has 1 aliphatic heterocycles. The van der Waals surface area contributed by atoms with Crippen molar-refractivity contribution in [3.8, 4) is 0 Å². The monoisotopic (exact) mass is 342 g/mol. The first-order chi connectivity index (χ1) is 11.8. The normalized spacial score (nSPS) is 19.3. The number of rotatable bonds is 7. The Morgan fingerprint density at radius 2 is 1.88 bits per heavy atom. The number of hydrogen-bond acceptors (Lipinski definition) is 4. The van der Waals surface area contributed by atoms with Crippen LogP contribution in [-0.2, 0) is 14.3 Å². The van der Waals surface area contributed by atoms with Gasteiger partial charge in [-0.3, -0.25) is 4.79 Å². The molecule has 0 amide bonds. The third kappa shape index (κ3) is 4.59. The molecule has 4 nitrogen and oxygen atoms in total. The third-order valence-corrected chi connectivity index (χ3v) is 4.40. The summed E-state index contributed by atoms with van der Waals surface area (Å²) in [6, 6.07) is 9.91. The van der Waals surface area contributed by atoms with E-state index in [2.05, 4.69) is 0 Å². The van der Waals surface area contributed by atoms with Gasteiger partial charge in [0.25, 0.3) is 0 Å². The highest BCUT2D eigenvalue weighted by atomic mass is 16.6. The van der Waals surface area contributed by atoms with E-state index in [1.54, 1.807) is 6.92 Å². The van der Waals surface area contributed by atoms with E-state index in [9.17, 15) is 14.7 Å². The Labute approximate surface area is 149 Å². The Morgan fingerprint density at radius 1 is 1.24 bits per heavy atom. The van der Waals surface area contributed by atoms with Crippen LogP contribution < -0.4 is 0 Å². The zero-order valence-electron chi connectivity index (χ0n) is 15.3. The van der Waals surface area contributed by atoms with Crippen molar-refractivity contribution in [2.24, 2.45) is 11.8 Å². The SMILES string of the molecule is C/C(=C\CC(C)C(=O)C1=C(O)C(CC(C)C)OC1=O)c1ccccc1. The summed E-state index contributed by atoms with van der Waals surface area (Å²) in [6.45, 7) is 7.70. The summed E-state index contributed by atoms with van der Waals surface area (Å²) in [6.07, 6.45) is 2.30. The lowest BCUT2D eigenvalue weighted by molar-refractivity contribution is -0.141. The minimum absolute atomic E-state index is 0.177. The lowest BCUT2D eigenvalue weighted by atomic mass is 9.93. The van der Waals surface area contributed by atoms with Crippen molar-refractivity contribution in [3.05, 3.63) is 53.3 Å². The predicted molar refractivity (Wildman–Crippen MR) is 97.9 cm³/mol. The Hall–Kier alpha value is -2.36. The number of carbonyl (C=O) groups excluding carboxylic acids is 2. The first-order valence-corrected chi connectivity index (χ1v) is 8.71. The fourth-order valence-corrected chi connectivity index (χ4v) is 2.85. The number of Topliss-reactive ketones (excluding diaryl/α,β-unsaturated/α-hetero) is 1. The number of ether oxygens (including phenoxy) is 1. The number of hydrogen-bond donors (Lipinski definition) is 1. The molecule has 2 atom stereocenters. The van der Waals surface area contributed by atoms with Crippen LogP contribution in [0.5, 0.6) is 0 Å². The molecule has 1 aliphatic rings. The summed E-state index contributed by atoms with van der Waals surface area (Å²) in [4.78, 5) is 24.6. The van der Waals surface area contributed by atoms with Crippen LogP contribution in [0.15, 0.2) is 47.7 Å². The second kappa shape index (κ2) is 8.15. The van der Waals surface area contributed by atoms with E-state index in [0.29, 0.717) is 12.8 Å². The van der Waals surface area contributed by atoms with Crippen molar-refractivity contribution in [3.63, 3.8) is 0 Å². The Bertz CT molecular complexity index is 698. The van der Waals surface area contributed by atoms with Gasteiger partial charge in [-0.25, -0.2) is 4.79 Å². The Balaban J connectivity index is 2.09. The van der Waals surface area contributed by atoms with Gasteiger partial charge in [0.15, 0.2) is 17.6 Å². The third-order valence-electron chi connectivity index (χ3n) is 4.40. The summed E-state index contributed by atoms with van der Waals surface area (Å²) in [5.74, 6) is -1.42.